The molecule has 0 saturated carbocycles. The zero-order chi connectivity index (χ0) is 14.6. The van der Waals surface area contributed by atoms with Crippen molar-refractivity contribution in [2.45, 2.75) is 32.5 Å². The minimum atomic E-state index is -0.238. The first kappa shape index (κ1) is 15.7. The first-order chi connectivity index (χ1) is 8.81. The number of carbonyl (C=O) groups is 2. The van der Waals surface area contributed by atoms with Gasteiger partial charge in [-0.15, -0.1) is 0 Å². The number of benzene rings is 1. The quantitative estimate of drug-likeness (QED) is 0.834. The summed E-state index contributed by atoms with van der Waals surface area (Å²) in [5, 5.41) is 5.56. The predicted octanol–water partition coefficient (Wildman–Crippen LogP) is 3.31. The van der Waals surface area contributed by atoms with Gasteiger partial charge in [0.05, 0.1) is 4.83 Å². The van der Waals surface area contributed by atoms with Crippen LogP contribution in [0.5, 0.6) is 0 Å². The second kappa shape index (κ2) is 6.70. The van der Waals surface area contributed by atoms with Crippen LogP contribution in [0.2, 0.25) is 0 Å². The van der Waals surface area contributed by atoms with Crippen LogP contribution in [0, 0.1) is 12.8 Å². The van der Waals surface area contributed by atoms with Crippen molar-refractivity contribution in [1.29, 1.82) is 0 Å². The molecule has 5 heteroatoms. The molecular weight excluding hydrogens is 308 g/mol. The Morgan fingerprint density at radius 1 is 1.21 bits per heavy atom. The van der Waals surface area contributed by atoms with Gasteiger partial charge in [-0.05, 0) is 30.5 Å². The van der Waals surface area contributed by atoms with E-state index in [1.54, 1.807) is 6.07 Å². The average molecular weight is 327 g/mol. The van der Waals surface area contributed by atoms with Gasteiger partial charge in [-0.3, -0.25) is 9.59 Å². The van der Waals surface area contributed by atoms with Crippen molar-refractivity contribution in [3.8, 4) is 0 Å². The molecule has 1 atom stereocenters. The molecule has 2 amide bonds. The normalized spacial score (nSPS) is 12.1. The van der Waals surface area contributed by atoms with Gasteiger partial charge in [-0.2, -0.15) is 0 Å². The Bertz CT molecular complexity index is 486. The largest absolute Gasteiger partial charge is 0.326 e. The van der Waals surface area contributed by atoms with Gasteiger partial charge in [0.1, 0.15) is 0 Å². The maximum absolute atomic E-state index is 11.9. The molecule has 0 heterocycles. The number of carbonyl (C=O) groups excluding carboxylic acids is 2. The summed E-state index contributed by atoms with van der Waals surface area (Å²) in [5.74, 6) is -0.0139. The smallest absolute Gasteiger partial charge is 0.238 e. The minimum absolute atomic E-state index is 0.0902. The number of aryl methyl sites for hydroxylation is 1. The van der Waals surface area contributed by atoms with Gasteiger partial charge in [0, 0.05) is 18.3 Å². The van der Waals surface area contributed by atoms with E-state index in [9.17, 15) is 9.59 Å². The van der Waals surface area contributed by atoms with Gasteiger partial charge in [-0.1, -0.05) is 35.8 Å². The Morgan fingerprint density at radius 3 is 2.37 bits per heavy atom. The van der Waals surface area contributed by atoms with E-state index in [1.165, 1.54) is 6.92 Å². The molecule has 104 valence electrons. The van der Waals surface area contributed by atoms with Crippen LogP contribution in [0.1, 0.15) is 26.3 Å². The zero-order valence-electron chi connectivity index (χ0n) is 11.6. The van der Waals surface area contributed by atoms with E-state index in [4.69, 9.17) is 0 Å². The average Bonchev–Trinajstić information content (AvgIpc) is 2.31. The van der Waals surface area contributed by atoms with Crippen LogP contribution in [-0.4, -0.2) is 16.6 Å². The van der Waals surface area contributed by atoms with Gasteiger partial charge in [0.2, 0.25) is 11.8 Å². The zero-order valence-corrected chi connectivity index (χ0v) is 13.2. The van der Waals surface area contributed by atoms with Crippen molar-refractivity contribution in [2.24, 2.45) is 5.92 Å². The van der Waals surface area contributed by atoms with Crippen molar-refractivity contribution in [2.75, 3.05) is 10.6 Å². The highest BCUT2D eigenvalue weighted by atomic mass is 79.9. The summed E-state index contributed by atoms with van der Waals surface area (Å²) in [4.78, 5) is 22.8. The third-order valence-electron chi connectivity index (χ3n) is 2.65. The summed E-state index contributed by atoms with van der Waals surface area (Å²) < 4.78 is 0. The number of hydrogen-bond donors (Lipinski definition) is 2. The Hall–Kier alpha value is -1.36. The lowest BCUT2D eigenvalue weighted by atomic mass is 10.1. The van der Waals surface area contributed by atoms with E-state index in [0.29, 0.717) is 11.4 Å². The lowest BCUT2D eigenvalue weighted by molar-refractivity contribution is -0.116. The molecule has 1 aromatic carbocycles. The van der Waals surface area contributed by atoms with E-state index in [-0.39, 0.29) is 22.6 Å². The monoisotopic (exact) mass is 326 g/mol. The van der Waals surface area contributed by atoms with E-state index in [2.05, 4.69) is 26.6 Å². The Labute approximate surface area is 122 Å². The summed E-state index contributed by atoms with van der Waals surface area (Å²) in [6.07, 6.45) is 0. The molecule has 0 aliphatic carbocycles. The molecule has 0 aromatic heterocycles. The van der Waals surface area contributed by atoms with Gasteiger partial charge >= 0.3 is 0 Å². The number of amides is 2. The number of rotatable bonds is 4. The van der Waals surface area contributed by atoms with Crippen LogP contribution in [0.15, 0.2) is 18.2 Å². The second-order valence-electron chi connectivity index (χ2n) is 4.85. The first-order valence-corrected chi connectivity index (χ1v) is 7.06. The van der Waals surface area contributed by atoms with Gasteiger partial charge < -0.3 is 10.6 Å². The minimum Gasteiger partial charge on any atom is -0.326 e. The SMILES string of the molecule is CC(=O)Nc1cc(NC(=O)C(Br)C(C)C)ccc1C. The molecule has 0 bridgehead atoms. The van der Waals surface area contributed by atoms with Crippen LogP contribution in [0.4, 0.5) is 11.4 Å². The number of anilines is 2. The molecule has 1 aromatic rings. The molecule has 4 nitrogen and oxygen atoms in total. The van der Waals surface area contributed by atoms with Crippen LogP contribution >= 0.6 is 15.9 Å². The standard InChI is InChI=1S/C14H19BrN2O2/c1-8(2)13(15)14(19)17-11-6-5-9(3)12(7-11)16-10(4)18/h5-8,13H,1-4H3,(H,16,18)(H,17,19). The molecule has 0 aliphatic heterocycles. The number of nitrogens with one attached hydrogen (secondary N) is 2. The van der Waals surface area contributed by atoms with Crippen LogP contribution < -0.4 is 10.6 Å². The van der Waals surface area contributed by atoms with Crippen LogP contribution in [0.3, 0.4) is 0 Å². The van der Waals surface area contributed by atoms with Crippen LogP contribution in [0.25, 0.3) is 0 Å². The fraction of sp³-hybridized carbons (Fsp3) is 0.429. The van der Waals surface area contributed by atoms with Crippen molar-refractivity contribution in [3.63, 3.8) is 0 Å². The highest BCUT2D eigenvalue weighted by Crippen LogP contribution is 2.22. The maximum atomic E-state index is 11.9. The molecule has 0 spiro atoms. The van der Waals surface area contributed by atoms with Crippen LogP contribution in [-0.2, 0) is 9.59 Å². The lowest BCUT2D eigenvalue weighted by Crippen LogP contribution is -2.27. The summed E-state index contributed by atoms with van der Waals surface area (Å²) >= 11 is 3.36. The Kier molecular flexibility index (Phi) is 5.54. The predicted molar refractivity (Wildman–Crippen MR) is 81.7 cm³/mol. The van der Waals surface area contributed by atoms with E-state index in [1.807, 2.05) is 32.9 Å². The highest BCUT2D eigenvalue weighted by Gasteiger charge is 2.18. The molecule has 0 radical (unpaired) electrons. The molecule has 0 fully saturated rings. The van der Waals surface area contributed by atoms with Gasteiger partial charge in [0.15, 0.2) is 0 Å². The number of halogens is 1. The lowest BCUT2D eigenvalue weighted by Gasteiger charge is -2.15. The fourth-order valence-corrected chi connectivity index (χ4v) is 1.65. The molecule has 2 N–H and O–H groups in total. The topological polar surface area (TPSA) is 58.2 Å². The number of alkyl halides is 1. The number of hydrogen-bond acceptors (Lipinski definition) is 2. The Morgan fingerprint density at radius 2 is 1.84 bits per heavy atom. The van der Waals surface area contributed by atoms with E-state index < -0.39 is 0 Å². The van der Waals surface area contributed by atoms with Crippen molar-refractivity contribution in [3.05, 3.63) is 23.8 Å². The molecular formula is C14H19BrN2O2. The molecule has 0 saturated heterocycles. The van der Waals surface area contributed by atoms with Crippen molar-refractivity contribution < 1.29 is 9.59 Å². The molecule has 19 heavy (non-hydrogen) atoms. The third kappa shape index (κ3) is 4.67. The summed E-state index contributed by atoms with van der Waals surface area (Å²) in [6, 6.07) is 5.44. The maximum Gasteiger partial charge on any atom is 0.238 e. The second-order valence-corrected chi connectivity index (χ2v) is 5.83. The van der Waals surface area contributed by atoms with Crippen molar-refractivity contribution in [1.82, 2.24) is 0 Å². The molecule has 1 unspecified atom stereocenters. The third-order valence-corrected chi connectivity index (χ3v) is 4.12. The highest BCUT2D eigenvalue weighted by molar-refractivity contribution is 9.10. The van der Waals surface area contributed by atoms with Crippen molar-refractivity contribution >= 4 is 39.1 Å². The fourth-order valence-electron chi connectivity index (χ4n) is 1.54. The van der Waals surface area contributed by atoms with E-state index >= 15 is 0 Å². The van der Waals surface area contributed by atoms with Gasteiger partial charge in [0.25, 0.3) is 0 Å². The summed E-state index contributed by atoms with van der Waals surface area (Å²) in [5.41, 5.74) is 2.33. The Balaban J connectivity index is 2.85. The van der Waals surface area contributed by atoms with Gasteiger partial charge in [-0.25, -0.2) is 0 Å². The first-order valence-electron chi connectivity index (χ1n) is 6.14. The molecule has 0 aliphatic rings. The summed E-state index contributed by atoms with van der Waals surface area (Å²) in [6.45, 7) is 7.30. The van der Waals surface area contributed by atoms with E-state index in [0.717, 1.165) is 5.56 Å². The summed E-state index contributed by atoms with van der Waals surface area (Å²) in [7, 11) is 0. The molecule has 1 rings (SSSR count).